The van der Waals surface area contributed by atoms with Gasteiger partial charge >= 0.3 is 0 Å². The van der Waals surface area contributed by atoms with Gasteiger partial charge in [-0.1, -0.05) is 87.6 Å². The molecule has 5 rings (SSSR count). The molecular weight excluding hydrogens is 669 g/mol. The monoisotopic (exact) mass is 705 g/mol. The largest absolute Gasteiger partial charge is 0.305 e. The molecule has 201 valence electrons. The van der Waals surface area contributed by atoms with Crippen LogP contribution in [0, 0.1) is 18.1 Å². The first-order valence-electron chi connectivity index (χ1n) is 13.3. The van der Waals surface area contributed by atoms with E-state index in [4.69, 9.17) is 0 Å². The number of hydrogen-bond acceptors (Lipinski definition) is 2. The van der Waals surface area contributed by atoms with Gasteiger partial charge in [-0.3, -0.25) is 4.98 Å². The zero-order chi connectivity index (χ0) is 27.0. The van der Waals surface area contributed by atoms with Crippen molar-refractivity contribution >= 4 is 13.3 Å². The normalized spacial score (nSPS) is 10.8. The van der Waals surface area contributed by atoms with Crippen LogP contribution in [0.3, 0.4) is 0 Å². The quantitative estimate of drug-likeness (QED) is 0.131. The Balaban J connectivity index is 0.000000211. The molecule has 3 aromatic carbocycles. The summed E-state index contributed by atoms with van der Waals surface area (Å²) in [6, 6.07) is 41.0. The minimum atomic E-state index is -1.34. The Morgan fingerprint density at radius 3 is 1.85 bits per heavy atom. The van der Waals surface area contributed by atoms with E-state index in [0.717, 1.165) is 40.2 Å². The van der Waals surface area contributed by atoms with Crippen molar-refractivity contribution in [3.8, 4) is 33.8 Å². The maximum absolute atomic E-state index is 4.69. The maximum Gasteiger partial charge on any atom is 0.0798 e. The van der Waals surface area contributed by atoms with Gasteiger partial charge in [0.2, 0.25) is 0 Å². The first kappa shape index (κ1) is 30.4. The number of hydrogen-bond donors (Lipinski definition) is 0. The molecule has 2 heterocycles. The second-order valence-corrected chi connectivity index (χ2v) is 15.9. The molecule has 0 fully saturated rings. The fourth-order valence-corrected chi connectivity index (χ4v) is 5.98. The standard InChI is InChI=1S/C18H24NSi.C17H12N.Ir/c1-14(2)11-16-12-17(15-9-7-6-8-10-15)19-13-18(16)20(3,4)5;1-3-8-14(9-4-1)16-12-7-13-17(18-16)15-10-5-2-6-11-15;/h6-9,12-14H,11H2,1-5H3;1-10,12-13H;/q2*-1;. The topological polar surface area (TPSA) is 25.8 Å². The van der Waals surface area contributed by atoms with Crippen molar-refractivity contribution in [2.24, 2.45) is 5.92 Å². The molecule has 39 heavy (non-hydrogen) atoms. The van der Waals surface area contributed by atoms with Gasteiger partial charge in [-0.2, -0.15) is 0 Å². The van der Waals surface area contributed by atoms with Gasteiger partial charge in [0.05, 0.1) is 13.8 Å². The van der Waals surface area contributed by atoms with Gasteiger partial charge in [0.25, 0.3) is 0 Å². The van der Waals surface area contributed by atoms with Crippen LogP contribution >= 0.6 is 0 Å². The van der Waals surface area contributed by atoms with Crippen molar-refractivity contribution in [2.45, 2.75) is 39.9 Å². The number of aromatic nitrogens is 2. The molecule has 0 atom stereocenters. The molecule has 0 amide bonds. The molecular formula is C35H36IrN2Si-2. The molecule has 2 nitrogen and oxygen atoms in total. The Morgan fingerprint density at radius 2 is 1.28 bits per heavy atom. The third-order valence-corrected chi connectivity index (χ3v) is 8.28. The van der Waals surface area contributed by atoms with Crippen LogP contribution < -0.4 is 5.19 Å². The molecule has 2 aromatic heterocycles. The Hall–Kier alpha value is -3.17. The number of benzene rings is 3. The summed E-state index contributed by atoms with van der Waals surface area (Å²) in [5.41, 5.74) is 7.71. The summed E-state index contributed by atoms with van der Waals surface area (Å²) in [4.78, 5) is 9.37. The molecule has 0 spiro atoms. The Bertz CT molecular complexity index is 1380. The van der Waals surface area contributed by atoms with Crippen LogP contribution in [0.4, 0.5) is 0 Å². The molecule has 0 aliphatic heterocycles. The van der Waals surface area contributed by atoms with E-state index in [1.54, 1.807) is 0 Å². The minimum absolute atomic E-state index is 0. The molecule has 5 aromatic rings. The van der Waals surface area contributed by atoms with E-state index < -0.39 is 8.07 Å². The maximum atomic E-state index is 4.69. The molecule has 0 aliphatic rings. The van der Waals surface area contributed by atoms with Crippen LogP contribution in [-0.4, -0.2) is 18.0 Å². The summed E-state index contributed by atoms with van der Waals surface area (Å²) in [6.45, 7) is 11.7. The SMILES string of the molecule is CC(C)Cc1cc(-c2[c-]cccc2)ncc1[Si](C)(C)C.[Ir].[c-]1ccccc1-c1cccc(-c2ccccc2)n1. The second kappa shape index (κ2) is 14.3. The average molecular weight is 705 g/mol. The van der Waals surface area contributed by atoms with Gasteiger partial charge in [-0.25, -0.2) is 0 Å². The predicted octanol–water partition coefficient (Wildman–Crippen LogP) is 8.51. The smallest absolute Gasteiger partial charge is 0.0798 e. The summed E-state index contributed by atoms with van der Waals surface area (Å²) in [5, 5.41) is 1.49. The zero-order valence-electron chi connectivity index (χ0n) is 23.4. The third kappa shape index (κ3) is 8.66. The number of pyridine rings is 2. The Labute approximate surface area is 249 Å². The van der Waals surface area contributed by atoms with Gasteiger partial charge in [0.1, 0.15) is 0 Å². The molecule has 1 radical (unpaired) electrons. The van der Waals surface area contributed by atoms with E-state index in [1.807, 2.05) is 78.9 Å². The van der Waals surface area contributed by atoms with Crippen LogP contribution in [0.2, 0.25) is 19.6 Å². The van der Waals surface area contributed by atoms with Crippen molar-refractivity contribution in [1.29, 1.82) is 0 Å². The summed E-state index contributed by atoms with van der Waals surface area (Å²) < 4.78 is 0. The number of rotatable bonds is 6. The van der Waals surface area contributed by atoms with Gasteiger partial charge in [-0.05, 0) is 40.5 Å². The number of nitrogens with zero attached hydrogens (tertiary/aromatic N) is 2. The molecule has 0 bridgehead atoms. The zero-order valence-corrected chi connectivity index (χ0v) is 26.8. The minimum Gasteiger partial charge on any atom is -0.305 e. The predicted molar refractivity (Wildman–Crippen MR) is 164 cm³/mol. The van der Waals surface area contributed by atoms with Gasteiger partial charge < -0.3 is 4.98 Å². The first-order valence-corrected chi connectivity index (χ1v) is 16.8. The Morgan fingerprint density at radius 1 is 0.692 bits per heavy atom. The van der Waals surface area contributed by atoms with E-state index in [9.17, 15) is 0 Å². The molecule has 0 saturated heterocycles. The van der Waals surface area contributed by atoms with E-state index in [1.165, 1.54) is 10.8 Å². The molecule has 0 saturated carbocycles. The van der Waals surface area contributed by atoms with Gasteiger partial charge in [0.15, 0.2) is 0 Å². The van der Waals surface area contributed by atoms with Crippen LogP contribution in [-0.2, 0) is 26.5 Å². The van der Waals surface area contributed by atoms with E-state index in [-0.39, 0.29) is 20.1 Å². The summed E-state index contributed by atoms with van der Waals surface area (Å²) in [6.07, 6.45) is 3.24. The summed E-state index contributed by atoms with van der Waals surface area (Å²) in [5.74, 6) is 0.667. The van der Waals surface area contributed by atoms with Gasteiger partial charge in [-0.15, -0.1) is 71.8 Å². The van der Waals surface area contributed by atoms with Gasteiger partial charge in [0, 0.05) is 26.3 Å². The van der Waals surface area contributed by atoms with Crippen molar-refractivity contribution < 1.29 is 20.1 Å². The fraction of sp³-hybridized carbons (Fsp3) is 0.200. The van der Waals surface area contributed by atoms with Crippen LogP contribution in [0.15, 0.2) is 109 Å². The molecule has 0 N–H and O–H groups in total. The third-order valence-electron chi connectivity index (χ3n) is 6.21. The van der Waals surface area contributed by atoms with Crippen molar-refractivity contribution in [3.05, 3.63) is 127 Å². The van der Waals surface area contributed by atoms with Crippen molar-refractivity contribution in [3.63, 3.8) is 0 Å². The fourth-order valence-electron chi connectivity index (χ4n) is 4.39. The van der Waals surface area contributed by atoms with E-state index in [2.05, 4.69) is 86.1 Å². The molecule has 4 heteroatoms. The Kier molecular flexibility index (Phi) is 11.1. The van der Waals surface area contributed by atoms with E-state index in [0.29, 0.717) is 5.92 Å². The van der Waals surface area contributed by atoms with Crippen molar-refractivity contribution in [1.82, 2.24) is 9.97 Å². The van der Waals surface area contributed by atoms with Crippen LogP contribution in [0.25, 0.3) is 33.8 Å². The van der Waals surface area contributed by atoms with Crippen molar-refractivity contribution in [2.75, 3.05) is 0 Å². The molecule has 0 aliphatic carbocycles. The summed E-state index contributed by atoms with van der Waals surface area (Å²) >= 11 is 0. The second-order valence-electron chi connectivity index (χ2n) is 10.9. The van der Waals surface area contributed by atoms with E-state index >= 15 is 0 Å². The molecule has 0 unspecified atom stereocenters. The first-order chi connectivity index (χ1) is 18.3. The van der Waals surface area contributed by atoms with Crippen LogP contribution in [0.5, 0.6) is 0 Å². The average Bonchev–Trinajstić information content (AvgIpc) is 2.94. The van der Waals surface area contributed by atoms with Crippen LogP contribution in [0.1, 0.15) is 19.4 Å². The summed E-state index contributed by atoms with van der Waals surface area (Å²) in [7, 11) is -1.34.